The van der Waals surface area contributed by atoms with Crippen LogP contribution in [-0.4, -0.2) is 313 Å². The SMILES string of the molecule is CSCC[C@H](NC(=O)[C@H](CO)NC(=O)[C@H](CC(C)C)NC(=O)[C@H](C)NC(=O)[C@H](CO)NC(=O)[C@H](CC(=O)O)NC(=O)[C@H](CC(C)C)NC(=O)[C@@H](NC(=O)[C@H](Cc1c[nH]c2ccccc12)NC(=O)[C@H](CO)NC(=O)[C@H](CCCNC(=N)N)NC(=O)[C@@H](N)CCC(N)=O)[C@@H](C)O)C(=O)NCC(=O)NCC(=O)N[C@@H](CCC(=O)O)C(=O)N[C@@H](CO)C(=O)O. The van der Waals surface area contributed by atoms with Crippen LogP contribution < -0.4 is 102 Å². The molecule has 0 aliphatic carbocycles. The average Bonchev–Trinajstić information content (AvgIpc) is 1.67. The second-order valence-electron chi connectivity index (χ2n) is 28.5. The second-order valence-corrected chi connectivity index (χ2v) is 29.5. The zero-order valence-electron chi connectivity index (χ0n) is 67.1. The van der Waals surface area contributed by atoms with E-state index in [0.717, 1.165) is 13.8 Å². The van der Waals surface area contributed by atoms with Crippen LogP contribution >= 0.6 is 11.8 Å². The number of rotatable bonds is 57. The van der Waals surface area contributed by atoms with Gasteiger partial charge < -0.3 is 148 Å². The fraction of sp³-hybridized carbons (Fsp3) is 0.606. The molecule has 2 rings (SSSR count). The monoisotopic (exact) mass is 1720 g/mol. The third-order valence-electron chi connectivity index (χ3n) is 17.6. The normalized spacial score (nSPS) is 14.9. The van der Waals surface area contributed by atoms with Crippen LogP contribution in [0.4, 0.5) is 0 Å². The summed E-state index contributed by atoms with van der Waals surface area (Å²) in [5.41, 5.74) is 17.5. The highest BCUT2D eigenvalue weighted by atomic mass is 32.2. The number of aliphatic hydroxyl groups excluding tert-OH is 5. The largest absolute Gasteiger partial charge is 0.481 e. The molecule has 0 saturated heterocycles. The maximum atomic E-state index is 14.6. The van der Waals surface area contributed by atoms with Gasteiger partial charge in [-0.05, 0) is 94.3 Å². The van der Waals surface area contributed by atoms with Crippen molar-refractivity contribution in [2.75, 3.05) is 58.1 Å². The fourth-order valence-corrected chi connectivity index (χ4v) is 11.6. The van der Waals surface area contributed by atoms with Crippen LogP contribution in [0.5, 0.6) is 0 Å². The molecule has 32 N–H and O–H groups in total. The molecule has 16 amide bonds. The highest BCUT2D eigenvalue weighted by Crippen LogP contribution is 2.20. The topological polar surface area (TPSA) is 796 Å². The number of nitrogens with two attached hydrogens (primary N) is 3. The van der Waals surface area contributed by atoms with Gasteiger partial charge in [-0.1, -0.05) is 45.9 Å². The van der Waals surface area contributed by atoms with Crippen molar-refractivity contribution in [3.63, 3.8) is 0 Å². The summed E-state index contributed by atoms with van der Waals surface area (Å²) in [6, 6.07) is -17.3. The van der Waals surface area contributed by atoms with Gasteiger partial charge in [0, 0.05) is 42.9 Å². The van der Waals surface area contributed by atoms with Crippen molar-refractivity contribution >= 4 is 141 Å². The minimum atomic E-state index is -2.10. The lowest BCUT2D eigenvalue weighted by Gasteiger charge is -2.29. The standard InChI is InChI=1S/C71H113N21O27S/c1-32(2)21-43(63(111)90-48(29-94)67(115)83-42(18-20-120-7)59(107)79-26-52(99)78-27-53(100)81-41(15-17-54(101)102)61(109)91-50(31-96)70(118)119)84-57(105)34(5)80-66(114)47(28-93)89-64(112)46(24-55(103)104)86-62(110)44(22-33(3)4)87-69(117)56(35(6)97)92-65(113)45(23-36-25-77-39-12-9-8-11-37(36)39)85-68(116)49(30-95)88-60(108)40(13-10-19-76-71(74)75)82-58(106)38(72)14-16-51(73)98/h8-9,11-12,25,32-35,38,40-50,56,77,93-97H,10,13-24,26-31,72H2,1-7H3,(H2,73,98)(H,78,99)(H,79,107)(H,80,114)(H,81,100)(H,82,106)(H,83,115)(H,84,105)(H,85,116)(H,86,110)(H,87,117)(H,88,108)(H,89,112)(H,90,111)(H,91,109)(H,92,113)(H,101,102)(H,103,104)(H,118,119)(H4,74,75,76)/t34-,35+,38-,40-,41-,42-,43-,44-,45-,46-,47-,48-,49-,50-,56-/m0/s1. The number of aromatic amines is 1. The van der Waals surface area contributed by atoms with Gasteiger partial charge in [-0.15, -0.1) is 0 Å². The van der Waals surface area contributed by atoms with Crippen LogP contribution in [0, 0.1) is 17.2 Å². The van der Waals surface area contributed by atoms with Gasteiger partial charge in [0.15, 0.2) is 5.96 Å². The number of aliphatic hydroxyl groups is 5. The molecule has 0 saturated carbocycles. The predicted octanol–water partition coefficient (Wildman–Crippen LogP) is -11.3. The maximum Gasteiger partial charge on any atom is 0.328 e. The van der Waals surface area contributed by atoms with Crippen LogP contribution in [-0.2, 0) is 97.5 Å². The van der Waals surface area contributed by atoms with Gasteiger partial charge in [0.05, 0.1) is 58.1 Å². The van der Waals surface area contributed by atoms with E-state index < -0.39 is 274 Å². The number of primary amides is 1. The number of para-hydroxylation sites is 1. The molecule has 15 atom stereocenters. The van der Waals surface area contributed by atoms with Gasteiger partial charge in [-0.2, -0.15) is 11.8 Å². The van der Waals surface area contributed by atoms with E-state index in [4.69, 9.17) is 32.8 Å². The number of H-pyrrole nitrogens is 1. The number of aliphatic carboxylic acids is 3. The van der Waals surface area contributed by atoms with Crippen molar-refractivity contribution in [2.45, 2.75) is 203 Å². The number of carbonyl (C=O) groups excluding carboxylic acids is 16. The molecule has 2 aromatic rings. The first-order valence-electron chi connectivity index (χ1n) is 37.8. The number of amides is 16. The Hall–Kier alpha value is -11.9. The maximum absolute atomic E-state index is 14.6. The van der Waals surface area contributed by atoms with Gasteiger partial charge in [0.1, 0.15) is 78.5 Å². The molecule has 0 fully saturated rings. The average molecular weight is 1720 g/mol. The lowest BCUT2D eigenvalue weighted by molar-refractivity contribution is -0.144. The molecule has 0 unspecified atom stereocenters. The summed E-state index contributed by atoms with van der Waals surface area (Å²) in [5.74, 6) is -23.5. The lowest BCUT2D eigenvalue weighted by Crippen LogP contribution is -2.62. The number of nitrogens with one attached hydrogen (secondary N) is 18. The Bertz CT molecular complexity index is 3910. The van der Waals surface area contributed by atoms with Gasteiger partial charge in [-0.25, -0.2) is 4.79 Å². The number of fused-ring (bicyclic) bond motifs is 1. The third-order valence-corrected chi connectivity index (χ3v) is 18.2. The predicted molar refractivity (Wildman–Crippen MR) is 423 cm³/mol. The Morgan fingerprint density at radius 3 is 1.39 bits per heavy atom. The van der Waals surface area contributed by atoms with E-state index in [1.54, 1.807) is 58.2 Å². The molecular formula is C71H113N21O27S. The molecule has 0 spiro atoms. The number of guanidine groups is 1. The van der Waals surface area contributed by atoms with E-state index in [9.17, 15) is 122 Å². The van der Waals surface area contributed by atoms with Crippen molar-refractivity contribution in [3.05, 3.63) is 36.0 Å². The summed E-state index contributed by atoms with van der Waals surface area (Å²) in [7, 11) is 0. The number of carbonyl (C=O) groups is 19. The Labute approximate surface area is 691 Å². The lowest BCUT2D eigenvalue weighted by atomic mass is 10.0. The fourth-order valence-electron chi connectivity index (χ4n) is 11.1. The minimum absolute atomic E-state index is 0.0367. The van der Waals surface area contributed by atoms with Crippen LogP contribution in [0.2, 0.25) is 0 Å². The number of hydrogen-bond donors (Lipinski definition) is 29. The minimum Gasteiger partial charge on any atom is -0.481 e. The molecule has 1 aromatic carbocycles. The molecule has 120 heavy (non-hydrogen) atoms. The van der Waals surface area contributed by atoms with E-state index in [-0.39, 0.29) is 69.6 Å². The first kappa shape index (κ1) is 104. The Morgan fingerprint density at radius 1 is 0.450 bits per heavy atom. The summed E-state index contributed by atoms with van der Waals surface area (Å²) in [5, 5.41) is 124. The van der Waals surface area contributed by atoms with E-state index in [2.05, 4.69) is 84.7 Å². The second kappa shape index (κ2) is 53.5. The highest BCUT2D eigenvalue weighted by molar-refractivity contribution is 7.98. The Morgan fingerprint density at radius 2 is 0.892 bits per heavy atom. The van der Waals surface area contributed by atoms with Crippen molar-refractivity contribution < 1.29 is 132 Å². The number of hydrogen-bond acceptors (Lipinski definition) is 27. The first-order valence-corrected chi connectivity index (χ1v) is 39.2. The van der Waals surface area contributed by atoms with Crippen molar-refractivity contribution in [2.24, 2.45) is 29.0 Å². The summed E-state index contributed by atoms with van der Waals surface area (Å²) in [6.45, 7) is 2.52. The third kappa shape index (κ3) is 38.2. The van der Waals surface area contributed by atoms with Gasteiger partial charge in [0.2, 0.25) is 94.5 Å². The zero-order valence-corrected chi connectivity index (χ0v) is 67.9. The van der Waals surface area contributed by atoms with Crippen LogP contribution in [0.1, 0.15) is 111 Å². The first-order chi connectivity index (χ1) is 56.4. The Kier molecular flexibility index (Phi) is 46.4. The van der Waals surface area contributed by atoms with Crippen LogP contribution in [0.3, 0.4) is 0 Å². The highest BCUT2D eigenvalue weighted by Gasteiger charge is 2.39. The molecule has 48 nitrogen and oxygen atoms in total. The summed E-state index contributed by atoms with van der Waals surface area (Å²) in [4.78, 5) is 254. The van der Waals surface area contributed by atoms with E-state index in [1.165, 1.54) is 18.0 Å². The number of carboxylic acid groups (broad SMARTS) is 3. The van der Waals surface area contributed by atoms with E-state index in [0.29, 0.717) is 16.5 Å². The molecular weight excluding hydrogens is 1610 g/mol. The smallest absolute Gasteiger partial charge is 0.328 e. The summed E-state index contributed by atoms with van der Waals surface area (Å²) >= 11 is 1.23. The number of benzene rings is 1. The molecule has 670 valence electrons. The molecule has 0 aliphatic rings. The number of aromatic nitrogens is 1. The molecule has 0 radical (unpaired) electrons. The molecule has 0 aliphatic heterocycles. The number of thioether (sulfide) groups is 1. The molecule has 0 bridgehead atoms. The van der Waals surface area contributed by atoms with Crippen LogP contribution in [0.15, 0.2) is 30.5 Å². The van der Waals surface area contributed by atoms with E-state index >= 15 is 0 Å². The van der Waals surface area contributed by atoms with Gasteiger partial charge in [0.25, 0.3) is 0 Å². The zero-order chi connectivity index (χ0) is 90.8. The van der Waals surface area contributed by atoms with Crippen LogP contribution in [0.25, 0.3) is 10.9 Å². The Balaban J connectivity index is 2.31. The van der Waals surface area contributed by atoms with Crippen molar-refractivity contribution in [1.29, 1.82) is 5.41 Å². The quantitative estimate of drug-likeness (QED) is 0.0166. The molecule has 1 heterocycles. The summed E-state index contributed by atoms with van der Waals surface area (Å²) in [6.07, 6.45) is -2.52. The van der Waals surface area contributed by atoms with Crippen molar-refractivity contribution in [1.82, 2.24) is 90.1 Å². The summed E-state index contributed by atoms with van der Waals surface area (Å²) < 4.78 is 0. The van der Waals surface area contributed by atoms with Crippen molar-refractivity contribution in [3.8, 4) is 0 Å². The number of carboxylic acids is 3. The van der Waals surface area contributed by atoms with E-state index in [1.807, 2.05) is 5.32 Å². The van der Waals surface area contributed by atoms with Gasteiger partial charge in [-0.3, -0.25) is 91.7 Å². The van der Waals surface area contributed by atoms with Gasteiger partial charge >= 0.3 is 17.9 Å². The molecule has 49 heteroatoms. The molecule has 1 aromatic heterocycles.